The van der Waals surface area contributed by atoms with Gasteiger partial charge in [0.2, 0.25) is 5.91 Å². The van der Waals surface area contributed by atoms with Crippen LogP contribution in [0, 0.1) is 34.6 Å². The van der Waals surface area contributed by atoms with Crippen LogP contribution in [0.2, 0.25) is 0 Å². The molecule has 1 amide bonds. The molecule has 0 saturated heterocycles. The van der Waals surface area contributed by atoms with Crippen LogP contribution in [0.4, 0.5) is 0 Å². The third-order valence-corrected chi connectivity index (χ3v) is 6.00. The smallest absolute Gasteiger partial charge is 0.223 e. The molecule has 0 aliphatic heterocycles. The fraction of sp³-hybridized carbons (Fsp3) is 0.346. The summed E-state index contributed by atoms with van der Waals surface area (Å²) in [6.45, 7) is 10.6. The highest BCUT2D eigenvalue weighted by Gasteiger charge is 2.19. The lowest BCUT2D eigenvalue weighted by Crippen LogP contribution is -2.27. The van der Waals surface area contributed by atoms with E-state index in [9.17, 15) is 9.59 Å². The first-order chi connectivity index (χ1) is 14.7. The van der Waals surface area contributed by atoms with Gasteiger partial charge in [0.05, 0.1) is 11.4 Å². The Morgan fingerprint density at radius 3 is 2.29 bits per heavy atom. The van der Waals surface area contributed by atoms with E-state index in [0.717, 1.165) is 39.3 Å². The fourth-order valence-electron chi connectivity index (χ4n) is 3.74. The van der Waals surface area contributed by atoms with Gasteiger partial charge in [0.25, 0.3) is 0 Å². The number of hydrogen-bond donors (Lipinski definition) is 0. The van der Waals surface area contributed by atoms with E-state index in [1.54, 1.807) is 11.9 Å². The number of carbonyl (C=O) groups is 2. The molecule has 5 nitrogen and oxygen atoms in total. The van der Waals surface area contributed by atoms with Crippen molar-refractivity contribution in [3.8, 4) is 5.69 Å². The Kier molecular flexibility index (Phi) is 6.74. The first-order valence-corrected chi connectivity index (χ1v) is 10.6. The predicted molar refractivity (Wildman–Crippen MR) is 124 cm³/mol. The quantitative estimate of drug-likeness (QED) is 0.506. The van der Waals surface area contributed by atoms with Crippen molar-refractivity contribution in [2.45, 2.75) is 54.0 Å². The molecule has 0 fully saturated rings. The summed E-state index contributed by atoms with van der Waals surface area (Å²) < 4.78 is 1.95. The molecule has 0 bridgehead atoms. The summed E-state index contributed by atoms with van der Waals surface area (Å²) in [5.74, 6) is -0.0378. The van der Waals surface area contributed by atoms with Gasteiger partial charge in [-0.25, -0.2) is 4.68 Å². The van der Waals surface area contributed by atoms with Crippen LogP contribution in [0.25, 0.3) is 5.69 Å². The summed E-state index contributed by atoms with van der Waals surface area (Å²) in [7, 11) is 1.78. The monoisotopic (exact) mass is 417 g/mol. The number of Topliss-reactive ketones (excluding diaryl/α,β-unsaturated/α-hetero) is 1. The van der Waals surface area contributed by atoms with Crippen LogP contribution in [0.5, 0.6) is 0 Å². The average Bonchev–Trinajstić information content (AvgIpc) is 3.02. The molecule has 0 atom stereocenters. The standard InChI is InChI=1S/C26H31N3O2/c1-17-11-12-22(15-19(17)3)25(30)13-14-26(31)28(6)16-23-20(4)27-29(21(23)5)24-10-8-7-9-18(24)2/h7-12,15H,13-14,16H2,1-6H3. The number of aryl methyl sites for hydroxylation is 4. The summed E-state index contributed by atoms with van der Waals surface area (Å²) in [6, 6.07) is 13.8. The third kappa shape index (κ3) is 4.93. The maximum atomic E-state index is 12.7. The highest BCUT2D eigenvalue weighted by molar-refractivity contribution is 5.98. The second-order valence-electron chi connectivity index (χ2n) is 8.32. The number of carbonyl (C=O) groups excluding carboxylic acids is 2. The lowest BCUT2D eigenvalue weighted by Gasteiger charge is -2.18. The van der Waals surface area contributed by atoms with Crippen LogP contribution in [0.3, 0.4) is 0 Å². The van der Waals surface area contributed by atoms with E-state index in [2.05, 4.69) is 13.0 Å². The first kappa shape index (κ1) is 22.5. The maximum absolute atomic E-state index is 12.7. The van der Waals surface area contributed by atoms with Gasteiger partial charge >= 0.3 is 0 Å². The summed E-state index contributed by atoms with van der Waals surface area (Å²) >= 11 is 0. The maximum Gasteiger partial charge on any atom is 0.223 e. The molecular weight excluding hydrogens is 386 g/mol. The largest absolute Gasteiger partial charge is 0.341 e. The summed E-state index contributed by atoms with van der Waals surface area (Å²) in [5.41, 5.74) is 8.08. The average molecular weight is 418 g/mol. The van der Waals surface area contributed by atoms with Gasteiger partial charge in [-0.3, -0.25) is 9.59 Å². The summed E-state index contributed by atoms with van der Waals surface area (Å²) in [5, 5.41) is 4.71. The van der Waals surface area contributed by atoms with Crippen molar-refractivity contribution in [3.63, 3.8) is 0 Å². The van der Waals surface area contributed by atoms with E-state index >= 15 is 0 Å². The molecule has 0 aliphatic carbocycles. The van der Waals surface area contributed by atoms with Crippen LogP contribution in [-0.2, 0) is 11.3 Å². The van der Waals surface area contributed by atoms with Gasteiger partial charge in [-0.15, -0.1) is 0 Å². The number of nitrogens with zero attached hydrogens (tertiary/aromatic N) is 3. The van der Waals surface area contributed by atoms with Gasteiger partial charge in [0, 0.05) is 43.3 Å². The normalized spacial score (nSPS) is 10.9. The Hall–Kier alpha value is -3.21. The van der Waals surface area contributed by atoms with E-state index in [-0.39, 0.29) is 24.5 Å². The minimum absolute atomic E-state index is 0.00424. The second-order valence-corrected chi connectivity index (χ2v) is 8.32. The highest BCUT2D eigenvalue weighted by atomic mass is 16.2. The van der Waals surface area contributed by atoms with Crippen LogP contribution in [0.1, 0.15) is 56.8 Å². The molecule has 0 spiro atoms. The SMILES string of the molecule is Cc1ccc(C(=O)CCC(=O)N(C)Cc2c(C)nn(-c3ccccc3C)c2C)cc1C. The summed E-state index contributed by atoms with van der Waals surface area (Å²) in [4.78, 5) is 26.9. The number of rotatable bonds is 7. The van der Waals surface area contributed by atoms with E-state index in [4.69, 9.17) is 5.10 Å². The van der Waals surface area contributed by atoms with Crippen molar-refractivity contribution in [1.29, 1.82) is 0 Å². The molecule has 0 saturated carbocycles. The van der Waals surface area contributed by atoms with E-state index in [1.165, 1.54) is 0 Å². The Labute approximate surface area is 184 Å². The summed E-state index contributed by atoms with van der Waals surface area (Å²) in [6.07, 6.45) is 0.415. The minimum Gasteiger partial charge on any atom is -0.341 e. The van der Waals surface area contributed by atoms with Crippen LogP contribution in [0.15, 0.2) is 42.5 Å². The van der Waals surface area contributed by atoms with Crippen molar-refractivity contribution in [3.05, 3.63) is 81.7 Å². The zero-order valence-electron chi connectivity index (χ0n) is 19.3. The Balaban J connectivity index is 1.66. The molecule has 1 aromatic heterocycles. The number of aromatic nitrogens is 2. The molecule has 5 heteroatoms. The zero-order chi connectivity index (χ0) is 22.7. The zero-order valence-corrected chi connectivity index (χ0v) is 19.3. The highest BCUT2D eigenvalue weighted by Crippen LogP contribution is 2.22. The minimum atomic E-state index is -0.0420. The lowest BCUT2D eigenvalue weighted by atomic mass is 10.0. The van der Waals surface area contributed by atoms with Gasteiger partial charge in [-0.1, -0.05) is 30.3 Å². The number of para-hydroxylation sites is 1. The Bertz CT molecular complexity index is 1130. The Morgan fingerprint density at radius 1 is 0.903 bits per heavy atom. The molecule has 0 unspecified atom stereocenters. The molecule has 162 valence electrons. The number of benzene rings is 2. The molecule has 0 radical (unpaired) electrons. The number of amides is 1. The van der Waals surface area contributed by atoms with E-state index in [1.807, 2.05) is 68.8 Å². The van der Waals surface area contributed by atoms with Gasteiger partial charge in [-0.05, 0) is 63.4 Å². The van der Waals surface area contributed by atoms with Gasteiger partial charge in [-0.2, -0.15) is 5.10 Å². The second kappa shape index (κ2) is 9.29. The predicted octanol–water partition coefficient (Wildman–Crippen LogP) is 5.04. The molecule has 0 aliphatic rings. The molecule has 2 aromatic carbocycles. The van der Waals surface area contributed by atoms with E-state index < -0.39 is 0 Å². The van der Waals surface area contributed by atoms with Crippen LogP contribution in [-0.4, -0.2) is 33.4 Å². The Morgan fingerprint density at radius 2 is 1.61 bits per heavy atom. The number of hydrogen-bond acceptors (Lipinski definition) is 3. The molecule has 0 N–H and O–H groups in total. The third-order valence-electron chi connectivity index (χ3n) is 6.00. The lowest BCUT2D eigenvalue weighted by molar-refractivity contribution is -0.130. The van der Waals surface area contributed by atoms with Crippen LogP contribution >= 0.6 is 0 Å². The molecule has 3 rings (SSSR count). The van der Waals surface area contributed by atoms with Crippen molar-refractivity contribution < 1.29 is 9.59 Å². The van der Waals surface area contributed by atoms with Crippen molar-refractivity contribution in [2.24, 2.45) is 0 Å². The van der Waals surface area contributed by atoms with Gasteiger partial charge in [0.15, 0.2) is 5.78 Å². The van der Waals surface area contributed by atoms with Gasteiger partial charge < -0.3 is 4.90 Å². The molecular formula is C26H31N3O2. The van der Waals surface area contributed by atoms with Crippen molar-refractivity contribution in [1.82, 2.24) is 14.7 Å². The first-order valence-electron chi connectivity index (χ1n) is 10.6. The topological polar surface area (TPSA) is 55.2 Å². The van der Waals surface area contributed by atoms with Crippen molar-refractivity contribution >= 4 is 11.7 Å². The van der Waals surface area contributed by atoms with E-state index in [0.29, 0.717) is 12.1 Å². The molecule has 3 aromatic rings. The fourth-order valence-corrected chi connectivity index (χ4v) is 3.74. The van der Waals surface area contributed by atoms with Crippen molar-refractivity contribution in [2.75, 3.05) is 7.05 Å². The molecule has 31 heavy (non-hydrogen) atoms. The van der Waals surface area contributed by atoms with Crippen LogP contribution < -0.4 is 0 Å². The van der Waals surface area contributed by atoms with Gasteiger partial charge in [0.1, 0.15) is 0 Å². The molecule has 1 heterocycles. The number of ketones is 1.